The highest BCUT2D eigenvalue weighted by Crippen LogP contribution is 2.36. The van der Waals surface area contributed by atoms with Crippen molar-refractivity contribution in [2.75, 3.05) is 14.2 Å². The molecule has 0 atom stereocenters. The summed E-state index contributed by atoms with van der Waals surface area (Å²) in [7, 11) is 3.05. The molecule has 0 aliphatic rings. The molecule has 8 nitrogen and oxygen atoms in total. The number of carboxylic acid groups (broad SMARTS) is 1. The first-order valence-electron chi connectivity index (χ1n) is 9.62. The number of carbonyl (C=O) groups is 1. The summed E-state index contributed by atoms with van der Waals surface area (Å²) >= 11 is 13.1. The van der Waals surface area contributed by atoms with E-state index in [2.05, 4.69) is 10.2 Å². The first kappa shape index (κ1) is 23.7. The normalized spacial score (nSPS) is 11.5. The van der Waals surface area contributed by atoms with Gasteiger partial charge in [-0.2, -0.15) is 0 Å². The van der Waals surface area contributed by atoms with Crippen LogP contribution in [0.2, 0.25) is 10.0 Å². The van der Waals surface area contributed by atoms with Gasteiger partial charge in [0.1, 0.15) is 27.9 Å². The Morgan fingerprint density at radius 3 is 2.44 bits per heavy atom. The fraction of sp³-hybridized carbons (Fsp3) is 0.0870. The fourth-order valence-corrected chi connectivity index (χ4v) is 3.97. The molecule has 0 saturated carbocycles. The number of benzene rings is 2. The number of aliphatic carboxylic acids is 1. The zero-order chi connectivity index (χ0) is 24.2. The summed E-state index contributed by atoms with van der Waals surface area (Å²) in [6, 6.07) is 13.6. The quantitative estimate of drug-likeness (QED) is 0.205. The van der Waals surface area contributed by atoms with Gasteiger partial charge in [0.2, 0.25) is 5.89 Å². The molecular weight excluding hydrogens is 503 g/mol. The van der Waals surface area contributed by atoms with Gasteiger partial charge in [-0.05, 0) is 48.2 Å². The molecule has 0 amide bonds. The molecule has 0 radical (unpaired) electrons. The van der Waals surface area contributed by atoms with Crippen molar-refractivity contribution in [3.8, 4) is 34.3 Å². The number of nitrogens with zero attached hydrogens (tertiary/aromatic N) is 2. The Labute approximate surface area is 208 Å². The van der Waals surface area contributed by atoms with Crippen molar-refractivity contribution in [2.24, 2.45) is 0 Å². The molecule has 0 fully saturated rings. The molecule has 2 aromatic carbocycles. The Morgan fingerprint density at radius 1 is 1.03 bits per heavy atom. The van der Waals surface area contributed by atoms with Gasteiger partial charge in [-0.15, -0.1) is 10.2 Å². The van der Waals surface area contributed by atoms with Crippen molar-refractivity contribution >= 4 is 47.0 Å². The van der Waals surface area contributed by atoms with E-state index in [0.29, 0.717) is 44.2 Å². The number of rotatable bonds is 8. The lowest BCUT2D eigenvalue weighted by atomic mass is 10.2. The zero-order valence-electron chi connectivity index (χ0n) is 17.7. The highest BCUT2D eigenvalue weighted by Gasteiger charge is 2.18. The van der Waals surface area contributed by atoms with E-state index < -0.39 is 5.97 Å². The molecule has 0 bridgehead atoms. The lowest BCUT2D eigenvalue weighted by molar-refractivity contribution is -0.131. The largest absolute Gasteiger partial charge is 0.497 e. The minimum atomic E-state index is -1.19. The highest BCUT2D eigenvalue weighted by molar-refractivity contribution is 8.03. The summed E-state index contributed by atoms with van der Waals surface area (Å²) in [6.45, 7) is 0. The van der Waals surface area contributed by atoms with Gasteiger partial charge in [-0.1, -0.05) is 29.3 Å². The maximum Gasteiger partial charge on any atom is 0.342 e. The first-order valence-corrected chi connectivity index (χ1v) is 11.2. The minimum Gasteiger partial charge on any atom is -0.497 e. The monoisotopic (exact) mass is 518 g/mol. The third kappa shape index (κ3) is 5.22. The Bertz CT molecular complexity index is 1360. The summed E-state index contributed by atoms with van der Waals surface area (Å²) < 4.78 is 21.9. The predicted octanol–water partition coefficient (Wildman–Crippen LogP) is 6.54. The number of hydrogen-bond donors (Lipinski definition) is 1. The van der Waals surface area contributed by atoms with Crippen LogP contribution in [-0.2, 0) is 4.79 Å². The Kier molecular flexibility index (Phi) is 7.16. The maximum absolute atomic E-state index is 11.8. The number of ether oxygens (including phenoxy) is 2. The van der Waals surface area contributed by atoms with Crippen molar-refractivity contribution in [1.29, 1.82) is 0 Å². The van der Waals surface area contributed by atoms with Gasteiger partial charge in [0.25, 0.3) is 5.22 Å². The predicted molar refractivity (Wildman–Crippen MR) is 128 cm³/mol. The number of halogens is 2. The molecule has 174 valence electrons. The van der Waals surface area contributed by atoms with Crippen LogP contribution in [0.3, 0.4) is 0 Å². The van der Waals surface area contributed by atoms with E-state index in [0.717, 1.165) is 11.8 Å². The average molecular weight is 519 g/mol. The number of methoxy groups -OCH3 is 2. The topological polar surface area (TPSA) is 108 Å². The molecule has 0 unspecified atom stereocenters. The third-order valence-electron chi connectivity index (χ3n) is 4.53. The summed E-state index contributed by atoms with van der Waals surface area (Å²) in [4.78, 5) is 11.7. The van der Waals surface area contributed by atoms with Crippen LogP contribution in [0.5, 0.6) is 11.5 Å². The molecule has 4 aromatic rings. The van der Waals surface area contributed by atoms with E-state index in [-0.39, 0.29) is 16.0 Å². The van der Waals surface area contributed by atoms with E-state index >= 15 is 0 Å². The fourth-order valence-electron chi connectivity index (χ4n) is 2.93. The van der Waals surface area contributed by atoms with E-state index in [9.17, 15) is 9.90 Å². The maximum atomic E-state index is 11.8. The van der Waals surface area contributed by atoms with Gasteiger partial charge < -0.3 is 23.4 Å². The Balaban J connectivity index is 1.59. The standard InChI is InChI=1S/C23H16Cl2N2O6S/c1-30-14-8-12(9-15(10-14)31-2)21-26-27-23(33-21)34-19(22(28)29)11-13-6-7-18(32-13)16-4-3-5-17(24)20(16)25/h3-11H,1-2H3,(H,28,29)/b19-11-. The molecule has 2 heterocycles. The first-order chi connectivity index (χ1) is 16.4. The second kappa shape index (κ2) is 10.3. The number of aromatic nitrogens is 2. The van der Waals surface area contributed by atoms with Gasteiger partial charge in [-0.25, -0.2) is 4.79 Å². The van der Waals surface area contributed by atoms with Crippen LogP contribution in [0.1, 0.15) is 5.76 Å². The van der Waals surface area contributed by atoms with E-state index in [1.165, 1.54) is 20.3 Å². The van der Waals surface area contributed by atoms with Crippen molar-refractivity contribution in [2.45, 2.75) is 5.22 Å². The zero-order valence-corrected chi connectivity index (χ0v) is 20.1. The number of hydrogen-bond acceptors (Lipinski definition) is 8. The Morgan fingerprint density at radius 2 is 1.76 bits per heavy atom. The lowest BCUT2D eigenvalue weighted by Crippen LogP contribution is -1.96. The molecule has 0 saturated heterocycles. The van der Waals surface area contributed by atoms with Gasteiger partial charge in [-0.3, -0.25) is 0 Å². The molecule has 0 aliphatic heterocycles. The SMILES string of the molecule is COc1cc(OC)cc(-c2nnc(S/C(=C\c3ccc(-c4cccc(Cl)c4Cl)o3)C(=O)O)o2)c1. The Hall–Kier alpha value is -3.40. The van der Waals surface area contributed by atoms with Gasteiger partial charge in [0.15, 0.2) is 0 Å². The second-order valence-electron chi connectivity index (χ2n) is 6.69. The van der Waals surface area contributed by atoms with E-state index in [1.54, 1.807) is 48.5 Å². The summed E-state index contributed by atoms with van der Waals surface area (Å²) in [6.07, 6.45) is 1.35. The smallest absolute Gasteiger partial charge is 0.342 e. The molecule has 4 rings (SSSR count). The third-order valence-corrected chi connectivity index (χ3v) is 6.20. The molecular formula is C23H16Cl2N2O6S. The van der Waals surface area contributed by atoms with Crippen LogP contribution in [0, 0.1) is 0 Å². The van der Waals surface area contributed by atoms with Crippen LogP contribution >= 0.6 is 35.0 Å². The molecule has 11 heteroatoms. The second-order valence-corrected chi connectivity index (χ2v) is 8.47. The van der Waals surface area contributed by atoms with Crippen LogP contribution in [0.25, 0.3) is 28.9 Å². The van der Waals surface area contributed by atoms with E-state index in [4.69, 9.17) is 41.5 Å². The minimum absolute atomic E-state index is 0.0371. The van der Waals surface area contributed by atoms with Crippen LogP contribution in [0.15, 0.2) is 67.5 Å². The molecule has 34 heavy (non-hydrogen) atoms. The van der Waals surface area contributed by atoms with Crippen molar-refractivity contribution in [3.63, 3.8) is 0 Å². The molecule has 2 aromatic heterocycles. The number of thioether (sulfide) groups is 1. The number of carboxylic acids is 1. The van der Waals surface area contributed by atoms with E-state index in [1.807, 2.05) is 0 Å². The summed E-state index contributed by atoms with van der Waals surface area (Å²) in [5.41, 5.74) is 1.15. The highest BCUT2D eigenvalue weighted by atomic mass is 35.5. The molecule has 0 aliphatic carbocycles. The van der Waals surface area contributed by atoms with Crippen LogP contribution < -0.4 is 9.47 Å². The van der Waals surface area contributed by atoms with Gasteiger partial charge >= 0.3 is 5.97 Å². The van der Waals surface area contributed by atoms with Crippen molar-refractivity contribution in [3.05, 3.63) is 69.2 Å². The summed E-state index contributed by atoms with van der Waals surface area (Å²) in [5.74, 6) is 0.822. The average Bonchev–Trinajstić information content (AvgIpc) is 3.50. The van der Waals surface area contributed by atoms with Gasteiger partial charge in [0, 0.05) is 23.3 Å². The van der Waals surface area contributed by atoms with Crippen molar-refractivity contribution in [1.82, 2.24) is 10.2 Å². The lowest BCUT2D eigenvalue weighted by Gasteiger charge is -2.05. The van der Waals surface area contributed by atoms with Crippen LogP contribution in [-0.4, -0.2) is 35.5 Å². The number of furan rings is 1. The summed E-state index contributed by atoms with van der Waals surface area (Å²) in [5, 5.41) is 18.4. The molecule has 1 N–H and O–H groups in total. The van der Waals surface area contributed by atoms with Gasteiger partial charge in [0.05, 0.1) is 24.3 Å². The van der Waals surface area contributed by atoms with Crippen LogP contribution in [0.4, 0.5) is 0 Å². The van der Waals surface area contributed by atoms with Crippen molar-refractivity contribution < 1.29 is 28.2 Å². The molecule has 0 spiro atoms.